The van der Waals surface area contributed by atoms with Crippen LogP contribution in [0.25, 0.3) is 0 Å². The number of hydrogen-bond donors (Lipinski definition) is 2. The Morgan fingerprint density at radius 3 is 2.72 bits per heavy atom. The molecule has 1 aromatic heterocycles. The third-order valence-electron chi connectivity index (χ3n) is 2.12. The molecule has 2 aromatic rings. The molecule has 92 valence electrons. The van der Waals surface area contributed by atoms with E-state index < -0.39 is 5.97 Å². The first kappa shape index (κ1) is 12.5. The van der Waals surface area contributed by atoms with Gasteiger partial charge in [0.15, 0.2) is 0 Å². The van der Waals surface area contributed by atoms with Crippen molar-refractivity contribution in [3.8, 4) is 0 Å². The zero-order chi connectivity index (χ0) is 13.1. The Balaban J connectivity index is 2.18. The van der Waals surface area contributed by atoms with Crippen LogP contribution in [0, 0.1) is 0 Å². The Kier molecular flexibility index (Phi) is 3.59. The smallest absolute Gasteiger partial charge is 0.337 e. The average molecular weight is 283 g/mol. The summed E-state index contributed by atoms with van der Waals surface area (Å²) < 4.78 is 0. The second-order valence-corrected chi connectivity index (χ2v) is 4.45. The van der Waals surface area contributed by atoms with Crippen LogP contribution in [0.1, 0.15) is 20.8 Å². The van der Waals surface area contributed by atoms with Gasteiger partial charge >= 0.3 is 5.97 Å². The van der Waals surface area contributed by atoms with Gasteiger partial charge in [0.25, 0.3) is 5.91 Å². The molecular weight excluding hydrogens is 276 g/mol. The monoisotopic (exact) mass is 282 g/mol. The number of carbonyl (C=O) groups is 2. The third-order valence-corrected chi connectivity index (χ3v) is 3.02. The second-order valence-electron chi connectivity index (χ2n) is 3.33. The van der Waals surface area contributed by atoms with E-state index in [1.165, 1.54) is 29.5 Å². The fourth-order valence-corrected chi connectivity index (χ4v) is 2.08. The van der Waals surface area contributed by atoms with Gasteiger partial charge in [0, 0.05) is 11.1 Å². The van der Waals surface area contributed by atoms with Crippen molar-refractivity contribution in [1.29, 1.82) is 0 Å². The Morgan fingerprint density at radius 1 is 1.39 bits per heavy atom. The number of nitrogens with one attached hydrogen (secondary N) is 1. The predicted octanol–water partition coefficient (Wildman–Crippen LogP) is 2.75. The van der Waals surface area contributed by atoms with Crippen molar-refractivity contribution in [3.63, 3.8) is 0 Å². The number of benzene rings is 1. The van der Waals surface area contributed by atoms with Gasteiger partial charge in [-0.1, -0.05) is 11.6 Å². The van der Waals surface area contributed by atoms with Crippen molar-refractivity contribution in [2.24, 2.45) is 0 Å². The molecule has 0 unspecified atom stereocenters. The SMILES string of the molecule is O=C(Nc1ccc(C(=O)O)c(Cl)c1)c1cscn1. The van der Waals surface area contributed by atoms with E-state index in [1.54, 1.807) is 10.9 Å². The van der Waals surface area contributed by atoms with E-state index in [0.29, 0.717) is 11.4 Å². The molecular formula is C11H7ClN2O3S. The van der Waals surface area contributed by atoms with Crippen LogP contribution >= 0.6 is 22.9 Å². The number of anilines is 1. The van der Waals surface area contributed by atoms with Gasteiger partial charge in [0.2, 0.25) is 0 Å². The minimum atomic E-state index is -1.11. The molecule has 1 amide bonds. The third kappa shape index (κ3) is 2.66. The standard InChI is InChI=1S/C11H7ClN2O3S/c12-8-3-6(1-2-7(8)11(16)17)14-10(15)9-4-18-5-13-9/h1-5H,(H,14,15)(H,16,17). The number of carboxylic acids is 1. The van der Waals surface area contributed by atoms with Crippen LogP contribution in [0.4, 0.5) is 5.69 Å². The molecule has 0 radical (unpaired) electrons. The molecule has 18 heavy (non-hydrogen) atoms. The molecule has 0 aliphatic carbocycles. The van der Waals surface area contributed by atoms with Gasteiger partial charge in [0.05, 0.1) is 16.1 Å². The van der Waals surface area contributed by atoms with E-state index in [1.807, 2.05) is 0 Å². The number of amides is 1. The van der Waals surface area contributed by atoms with Gasteiger partial charge in [-0.15, -0.1) is 11.3 Å². The Hall–Kier alpha value is -1.92. The van der Waals surface area contributed by atoms with Crippen LogP contribution < -0.4 is 5.32 Å². The lowest BCUT2D eigenvalue weighted by Crippen LogP contribution is -2.12. The molecule has 7 heteroatoms. The minimum absolute atomic E-state index is 0.0108. The molecule has 0 saturated heterocycles. The van der Waals surface area contributed by atoms with Crippen LogP contribution in [0.2, 0.25) is 5.02 Å². The van der Waals surface area contributed by atoms with Gasteiger partial charge in [-0.3, -0.25) is 4.79 Å². The van der Waals surface area contributed by atoms with Crippen LogP contribution in [-0.4, -0.2) is 22.0 Å². The van der Waals surface area contributed by atoms with Crippen LogP contribution in [0.3, 0.4) is 0 Å². The molecule has 0 fully saturated rings. The number of thiazole rings is 1. The zero-order valence-electron chi connectivity index (χ0n) is 8.88. The summed E-state index contributed by atoms with van der Waals surface area (Å²) in [5.74, 6) is -1.48. The molecule has 0 bridgehead atoms. The van der Waals surface area contributed by atoms with Crippen LogP contribution in [-0.2, 0) is 0 Å². The normalized spacial score (nSPS) is 10.1. The van der Waals surface area contributed by atoms with Gasteiger partial charge in [0.1, 0.15) is 5.69 Å². The lowest BCUT2D eigenvalue weighted by atomic mass is 10.2. The van der Waals surface area contributed by atoms with E-state index >= 15 is 0 Å². The first-order chi connectivity index (χ1) is 8.58. The molecule has 0 aliphatic rings. The number of carbonyl (C=O) groups excluding carboxylic acids is 1. The highest BCUT2D eigenvalue weighted by Gasteiger charge is 2.11. The summed E-state index contributed by atoms with van der Waals surface area (Å²) in [4.78, 5) is 26.3. The number of halogens is 1. The van der Waals surface area contributed by atoms with Gasteiger partial charge in [-0.25, -0.2) is 9.78 Å². The first-order valence-corrected chi connectivity index (χ1v) is 6.12. The maximum Gasteiger partial charge on any atom is 0.337 e. The first-order valence-electron chi connectivity index (χ1n) is 4.80. The molecule has 1 aromatic carbocycles. The highest BCUT2D eigenvalue weighted by atomic mass is 35.5. The summed E-state index contributed by atoms with van der Waals surface area (Å²) in [5, 5.41) is 13.1. The lowest BCUT2D eigenvalue weighted by Gasteiger charge is -2.05. The highest BCUT2D eigenvalue weighted by molar-refractivity contribution is 7.07. The summed E-state index contributed by atoms with van der Waals surface area (Å²) in [5.41, 5.74) is 2.26. The van der Waals surface area contributed by atoms with Crippen molar-refractivity contribution in [3.05, 3.63) is 45.4 Å². The summed E-state index contributed by atoms with van der Waals surface area (Å²) in [6, 6.07) is 4.19. The largest absolute Gasteiger partial charge is 0.478 e. The number of hydrogen-bond acceptors (Lipinski definition) is 4. The highest BCUT2D eigenvalue weighted by Crippen LogP contribution is 2.21. The molecule has 2 N–H and O–H groups in total. The lowest BCUT2D eigenvalue weighted by molar-refractivity contribution is 0.0697. The summed E-state index contributed by atoms with van der Waals surface area (Å²) in [6.07, 6.45) is 0. The van der Waals surface area contributed by atoms with Gasteiger partial charge in [-0.2, -0.15) is 0 Å². The second kappa shape index (κ2) is 5.16. The number of carboxylic acid groups (broad SMARTS) is 1. The van der Waals surface area contributed by atoms with Crippen molar-refractivity contribution in [1.82, 2.24) is 4.98 Å². The van der Waals surface area contributed by atoms with E-state index in [-0.39, 0.29) is 16.5 Å². The summed E-state index contributed by atoms with van der Waals surface area (Å²) in [7, 11) is 0. The minimum Gasteiger partial charge on any atom is -0.478 e. The van der Waals surface area contributed by atoms with Crippen molar-refractivity contribution in [2.75, 3.05) is 5.32 Å². The van der Waals surface area contributed by atoms with Crippen LogP contribution in [0.5, 0.6) is 0 Å². The molecule has 0 spiro atoms. The molecule has 0 atom stereocenters. The van der Waals surface area contributed by atoms with E-state index in [4.69, 9.17) is 16.7 Å². The number of rotatable bonds is 3. The van der Waals surface area contributed by atoms with Crippen LogP contribution in [0.15, 0.2) is 29.1 Å². The molecule has 1 heterocycles. The maximum atomic E-state index is 11.7. The number of nitrogens with zero attached hydrogens (tertiary/aromatic N) is 1. The number of aromatic nitrogens is 1. The van der Waals surface area contributed by atoms with Gasteiger partial charge in [-0.05, 0) is 18.2 Å². The van der Waals surface area contributed by atoms with Gasteiger partial charge < -0.3 is 10.4 Å². The Morgan fingerprint density at radius 2 is 2.17 bits per heavy atom. The molecule has 0 saturated carbocycles. The molecule has 2 rings (SSSR count). The topological polar surface area (TPSA) is 79.3 Å². The van der Waals surface area contributed by atoms with E-state index in [2.05, 4.69) is 10.3 Å². The Bertz CT molecular complexity index is 598. The Labute approximate surface area is 111 Å². The fraction of sp³-hybridized carbons (Fsp3) is 0. The van der Waals surface area contributed by atoms with E-state index in [9.17, 15) is 9.59 Å². The quantitative estimate of drug-likeness (QED) is 0.907. The average Bonchev–Trinajstić information content (AvgIpc) is 2.81. The van der Waals surface area contributed by atoms with Crippen molar-refractivity contribution >= 4 is 40.5 Å². The summed E-state index contributed by atoms with van der Waals surface area (Å²) >= 11 is 7.10. The maximum absolute atomic E-state index is 11.7. The summed E-state index contributed by atoms with van der Waals surface area (Å²) in [6.45, 7) is 0. The predicted molar refractivity (Wildman–Crippen MR) is 68.5 cm³/mol. The van der Waals surface area contributed by atoms with E-state index in [0.717, 1.165) is 0 Å². The van der Waals surface area contributed by atoms with Crippen molar-refractivity contribution < 1.29 is 14.7 Å². The molecule has 0 aliphatic heterocycles. The molecule has 5 nitrogen and oxygen atoms in total. The zero-order valence-corrected chi connectivity index (χ0v) is 10.5. The number of aromatic carboxylic acids is 1. The van der Waals surface area contributed by atoms with Crippen molar-refractivity contribution in [2.45, 2.75) is 0 Å². The fourth-order valence-electron chi connectivity index (χ4n) is 1.29.